The number of nitrogens with one attached hydrogen (secondary N) is 3. The first-order chi connectivity index (χ1) is 23.1. The monoisotopic (exact) mass is 651 g/mol. The number of rotatable bonds is 9. The largest absolute Gasteiger partial charge is 0.415 e. The van der Waals surface area contributed by atoms with E-state index in [1.165, 1.54) is 16.2 Å². The van der Waals surface area contributed by atoms with Crippen molar-refractivity contribution in [1.29, 1.82) is 0 Å². The zero-order chi connectivity index (χ0) is 33.7. The molecule has 1 aromatic carbocycles. The molecule has 2 atom stereocenters. The van der Waals surface area contributed by atoms with Gasteiger partial charge in [0.15, 0.2) is 0 Å². The fourth-order valence-corrected chi connectivity index (χ4v) is 7.79. The van der Waals surface area contributed by atoms with Gasteiger partial charge in [0.05, 0.1) is 19.1 Å². The van der Waals surface area contributed by atoms with Crippen LogP contribution in [0.5, 0.6) is 5.75 Å². The van der Waals surface area contributed by atoms with Crippen molar-refractivity contribution in [3.05, 3.63) is 51.7 Å². The van der Waals surface area contributed by atoms with E-state index in [4.69, 9.17) is 4.74 Å². The number of hydrogen-bond donors (Lipinski definition) is 3. The maximum atomic E-state index is 14.6. The van der Waals surface area contributed by atoms with E-state index in [0.29, 0.717) is 62.1 Å². The molecule has 3 fully saturated rings. The van der Waals surface area contributed by atoms with E-state index >= 15 is 0 Å². The van der Waals surface area contributed by atoms with Crippen molar-refractivity contribution < 1.29 is 26.7 Å². The lowest BCUT2D eigenvalue weighted by molar-refractivity contribution is -0.145. The minimum absolute atomic E-state index is 0.0683. The van der Waals surface area contributed by atoms with Crippen LogP contribution in [0.15, 0.2) is 35.7 Å². The van der Waals surface area contributed by atoms with Crippen molar-refractivity contribution >= 4 is 35.2 Å². The van der Waals surface area contributed by atoms with Gasteiger partial charge in [-0.2, -0.15) is 0 Å². The van der Waals surface area contributed by atoms with Crippen LogP contribution in [0.4, 0.5) is 4.79 Å². The number of amides is 4. The minimum Gasteiger partial charge on any atom is -0.410 e. The molecule has 0 radical (unpaired) electrons. The number of fused-ring (bicyclic) bond motifs is 1. The Hall–Kier alpha value is -3.44. The average Bonchev–Trinajstić information content (AvgIpc) is 3.61. The highest BCUT2D eigenvalue weighted by molar-refractivity contribution is 7.09. The summed E-state index contributed by atoms with van der Waals surface area (Å²) in [6, 6.07) is 6.14. The van der Waals surface area contributed by atoms with Crippen molar-refractivity contribution in [1.82, 2.24) is 25.8 Å². The molecule has 0 spiro atoms. The third-order valence-corrected chi connectivity index (χ3v) is 10.5. The standard InChI is InChI=1S/C35H47N5O5S/c41-32-28-14-7-15-31(27(28)16-17-36-32)45-35(44)39-18-19-40(30(23-39)33(42)37-22-26-13-8-20-46-26)34(43)29(21-24-9-3-1-4-10-24)38-25-11-5-2-6-12-25/h7-8,13-15,20,24-25,29-30,38H,1-6,9-12,16-19,21-23H2,(H,36,41)(H,37,42)/t29-,30-/m0/s1/i24D,25D. The molecule has 248 valence electrons. The van der Waals surface area contributed by atoms with Gasteiger partial charge in [0.1, 0.15) is 11.8 Å². The highest BCUT2D eigenvalue weighted by Crippen LogP contribution is 2.30. The molecule has 3 N–H and O–H groups in total. The third-order valence-electron chi connectivity index (χ3n) is 9.66. The molecule has 1 saturated heterocycles. The van der Waals surface area contributed by atoms with Crippen LogP contribution in [0.1, 0.15) is 94.2 Å². The van der Waals surface area contributed by atoms with Gasteiger partial charge in [0.25, 0.3) is 5.91 Å². The van der Waals surface area contributed by atoms with Crippen LogP contribution in [0, 0.1) is 5.89 Å². The van der Waals surface area contributed by atoms with Crippen LogP contribution < -0.4 is 20.7 Å². The Morgan fingerprint density at radius 1 is 1.02 bits per heavy atom. The van der Waals surface area contributed by atoms with Crippen molar-refractivity contribution in [2.75, 3.05) is 26.2 Å². The zero-order valence-corrected chi connectivity index (χ0v) is 27.3. The Labute approximate surface area is 278 Å². The van der Waals surface area contributed by atoms with Gasteiger partial charge < -0.3 is 30.5 Å². The van der Waals surface area contributed by atoms with E-state index in [-0.39, 0.29) is 43.8 Å². The number of ether oxygens (including phenoxy) is 1. The van der Waals surface area contributed by atoms with Gasteiger partial charge in [0, 0.05) is 44.4 Å². The first-order valence-corrected chi connectivity index (χ1v) is 17.8. The number of thiophene rings is 1. The first-order valence-electron chi connectivity index (χ1n) is 17.9. The van der Waals surface area contributed by atoms with E-state index in [1.54, 1.807) is 23.1 Å². The predicted octanol–water partition coefficient (Wildman–Crippen LogP) is 4.62. The molecule has 2 aromatic rings. The lowest BCUT2D eigenvalue weighted by Gasteiger charge is -2.42. The number of benzene rings is 1. The van der Waals surface area contributed by atoms with Crippen molar-refractivity contribution in [3.63, 3.8) is 0 Å². The predicted molar refractivity (Wildman–Crippen MR) is 177 cm³/mol. The molecule has 46 heavy (non-hydrogen) atoms. The second-order valence-corrected chi connectivity index (χ2v) is 13.9. The average molecular weight is 652 g/mol. The molecular weight excluding hydrogens is 602 g/mol. The summed E-state index contributed by atoms with van der Waals surface area (Å²) in [6.07, 6.45) is 8.71. The van der Waals surface area contributed by atoms with Gasteiger partial charge in [0.2, 0.25) is 11.8 Å². The maximum absolute atomic E-state index is 14.6. The summed E-state index contributed by atoms with van der Waals surface area (Å²) in [5, 5.41) is 11.1. The van der Waals surface area contributed by atoms with Crippen LogP contribution in [0.25, 0.3) is 0 Å². The summed E-state index contributed by atoms with van der Waals surface area (Å²) in [5.41, 5.74) is 1.14. The number of carbonyl (C=O) groups excluding carboxylic acids is 4. The van der Waals surface area contributed by atoms with Gasteiger partial charge in [-0.25, -0.2) is 4.79 Å². The molecule has 11 heteroatoms. The van der Waals surface area contributed by atoms with Crippen molar-refractivity contribution in [3.8, 4) is 5.75 Å². The SMILES string of the molecule is [2H]C1(C[C@H](NC2([2H])CCCCC2)C(=O)N2CCN(C(=O)Oc3cccc4c3CCNC4=O)C[C@H]2C(=O)NCc2cccs2)CCCCC1. The Morgan fingerprint density at radius 3 is 2.57 bits per heavy atom. The molecule has 6 rings (SSSR count). The van der Waals surface area contributed by atoms with Gasteiger partial charge in [-0.15, -0.1) is 11.3 Å². The van der Waals surface area contributed by atoms with E-state index in [2.05, 4.69) is 16.0 Å². The Morgan fingerprint density at radius 2 is 1.80 bits per heavy atom. The van der Waals surface area contributed by atoms with E-state index in [1.807, 2.05) is 17.5 Å². The molecule has 10 nitrogen and oxygen atoms in total. The molecule has 2 aliphatic carbocycles. The molecule has 1 aromatic heterocycles. The number of carbonyl (C=O) groups is 4. The fraction of sp³-hybridized carbons (Fsp3) is 0.600. The van der Waals surface area contributed by atoms with Crippen LogP contribution in [0.3, 0.4) is 0 Å². The van der Waals surface area contributed by atoms with Crippen molar-refractivity contribution in [2.24, 2.45) is 5.89 Å². The normalized spacial score (nSPS) is 23.7. The first kappa shape index (κ1) is 29.9. The van der Waals surface area contributed by atoms with Crippen LogP contribution >= 0.6 is 11.3 Å². The molecule has 4 amide bonds. The summed E-state index contributed by atoms with van der Waals surface area (Å²) in [6.45, 7) is 0.933. The summed E-state index contributed by atoms with van der Waals surface area (Å²) < 4.78 is 24.3. The van der Waals surface area contributed by atoms with Gasteiger partial charge in [-0.3, -0.25) is 14.4 Å². The van der Waals surface area contributed by atoms with Crippen molar-refractivity contribution in [2.45, 2.75) is 102 Å². The summed E-state index contributed by atoms with van der Waals surface area (Å²) >= 11 is 1.52. The smallest absolute Gasteiger partial charge is 0.410 e. The fourth-order valence-electron chi connectivity index (χ4n) is 7.14. The van der Waals surface area contributed by atoms with E-state index in [9.17, 15) is 21.9 Å². The van der Waals surface area contributed by atoms with E-state index in [0.717, 1.165) is 43.4 Å². The van der Waals surface area contributed by atoms with Gasteiger partial charge >= 0.3 is 6.09 Å². The molecule has 2 aliphatic heterocycles. The molecule has 0 bridgehead atoms. The molecule has 2 saturated carbocycles. The van der Waals surface area contributed by atoms with Gasteiger partial charge in [-0.05, 0) is 55.2 Å². The second kappa shape index (κ2) is 15.4. The van der Waals surface area contributed by atoms with Crippen LogP contribution in [0.2, 0.25) is 0 Å². The highest BCUT2D eigenvalue weighted by Gasteiger charge is 2.41. The van der Waals surface area contributed by atoms with Crippen LogP contribution in [-0.2, 0) is 22.6 Å². The number of hydrogen-bond acceptors (Lipinski definition) is 7. The Bertz CT molecular complexity index is 1450. The zero-order valence-electron chi connectivity index (χ0n) is 28.5. The molecule has 0 unspecified atom stereocenters. The molecular formula is C35H47N5O5S. The lowest BCUT2D eigenvalue weighted by atomic mass is 9.83. The van der Waals surface area contributed by atoms with Gasteiger partial charge in [-0.1, -0.05) is 63.5 Å². The topological polar surface area (TPSA) is 120 Å². The minimum atomic E-state index is -0.986. The lowest BCUT2D eigenvalue weighted by Crippen LogP contribution is -2.64. The van der Waals surface area contributed by atoms with Crippen LogP contribution in [-0.4, -0.2) is 77.9 Å². The summed E-state index contributed by atoms with van der Waals surface area (Å²) in [7, 11) is 0. The number of nitrogens with zero attached hydrogens (tertiary/aromatic N) is 2. The third kappa shape index (κ3) is 7.91. The maximum Gasteiger partial charge on any atom is 0.415 e. The Balaban J connectivity index is 1.23. The summed E-state index contributed by atoms with van der Waals surface area (Å²) in [4.78, 5) is 58.4. The molecule has 3 heterocycles. The number of piperazine rings is 1. The highest BCUT2D eigenvalue weighted by atomic mass is 32.1. The quantitative estimate of drug-likeness (QED) is 0.364. The second-order valence-electron chi connectivity index (χ2n) is 12.8. The molecule has 4 aliphatic rings. The van der Waals surface area contributed by atoms with E-state index < -0.39 is 30.1 Å². The summed E-state index contributed by atoms with van der Waals surface area (Å²) in [5.74, 6) is -1.34. The Kier molecular flexibility index (Phi) is 10.0.